The van der Waals surface area contributed by atoms with Crippen molar-refractivity contribution >= 4 is 17.6 Å². The molecular formula is C10H10N2OS. The average Bonchev–Trinajstić information content (AvgIpc) is 2.84. The summed E-state index contributed by atoms with van der Waals surface area (Å²) in [6.07, 6.45) is 5.13. The van der Waals surface area contributed by atoms with Gasteiger partial charge in [-0.05, 0) is 11.4 Å². The first-order chi connectivity index (χ1) is 6.92. The number of imidazole rings is 1. The zero-order valence-corrected chi connectivity index (χ0v) is 8.41. The Bertz CT molecular complexity index is 405. The average molecular weight is 206 g/mol. The van der Waals surface area contributed by atoms with Gasteiger partial charge in [0, 0.05) is 25.4 Å². The van der Waals surface area contributed by atoms with Crippen LogP contribution in [0.15, 0.2) is 29.9 Å². The van der Waals surface area contributed by atoms with Crippen molar-refractivity contribution < 1.29 is 4.79 Å². The van der Waals surface area contributed by atoms with Gasteiger partial charge in [-0.15, -0.1) is 11.3 Å². The number of carbonyl (C=O) groups is 1. The van der Waals surface area contributed by atoms with Crippen LogP contribution < -0.4 is 0 Å². The number of hydrogen-bond acceptors (Lipinski definition) is 3. The minimum atomic E-state index is 0.536. The Kier molecular flexibility index (Phi) is 2.74. The van der Waals surface area contributed by atoms with Crippen molar-refractivity contribution in [1.82, 2.24) is 9.55 Å². The topological polar surface area (TPSA) is 34.9 Å². The highest BCUT2D eigenvalue weighted by Gasteiger charge is 2.05. The number of rotatable bonds is 4. The van der Waals surface area contributed by atoms with Crippen LogP contribution in [0.3, 0.4) is 0 Å². The van der Waals surface area contributed by atoms with Crippen molar-refractivity contribution in [1.29, 1.82) is 0 Å². The highest BCUT2D eigenvalue weighted by molar-refractivity contribution is 7.13. The molecule has 2 aromatic rings. The maximum Gasteiger partial charge on any atom is 0.149 e. The van der Waals surface area contributed by atoms with Crippen molar-refractivity contribution in [2.45, 2.75) is 13.0 Å². The van der Waals surface area contributed by atoms with Crippen LogP contribution in [0.1, 0.15) is 6.42 Å². The maximum absolute atomic E-state index is 10.3. The molecule has 3 nitrogen and oxygen atoms in total. The van der Waals surface area contributed by atoms with E-state index in [4.69, 9.17) is 0 Å². The molecule has 0 saturated carbocycles. The minimum absolute atomic E-state index is 0.536. The second-order valence-electron chi connectivity index (χ2n) is 2.88. The first-order valence-corrected chi connectivity index (χ1v) is 5.28. The Morgan fingerprint density at radius 1 is 1.57 bits per heavy atom. The summed E-state index contributed by atoms with van der Waals surface area (Å²) in [5, 5.41) is 2.02. The Morgan fingerprint density at radius 3 is 3.21 bits per heavy atom. The third-order valence-corrected chi connectivity index (χ3v) is 2.81. The smallest absolute Gasteiger partial charge is 0.149 e. The predicted molar refractivity (Wildman–Crippen MR) is 56.2 cm³/mol. The van der Waals surface area contributed by atoms with E-state index in [1.165, 1.54) is 0 Å². The lowest BCUT2D eigenvalue weighted by Gasteiger charge is -2.02. The third-order valence-electron chi connectivity index (χ3n) is 1.94. The van der Waals surface area contributed by atoms with E-state index in [-0.39, 0.29) is 0 Å². The molecule has 0 amide bonds. The summed E-state index contributed by atoms with van der Waals surface area (Å²) in [7, 11) is 0. The summed E-state index contributed by atoms with van der Waals surface area (Å²) in [5.74, 6) is 0.946. The van der Waals surface area contributed by atoms with Crippen LogP contribution in [-0.2, 0) is 11.3 Å². The monoisotopic (exact) mass is 206 g/mol. The van der Waals surface area contributed by atoms with Gasteiger partial charge in [0.25, 0.3) is 0 Å². The lowest BCUT2D eigenvalue weighted by molar-refractivity contribution is -0.108. The van der Waals surface area contributed by atoms with E-state index in [1.807, 2.05) is 28.3 Å². The number of carbonyl (C=O) groups excluding carboxylic acids is 1. The van der Waals surface area contributed by atoms with E-state index in [1.54, 1.807) is 17.5 Å². The van der Waals surface area contributed by atoms with E-state index < -0.39 is 0 Å². The summed E-state index contributed by atoms with van der Waals surface area (Å²) in [5.41, 5.74) is 0. The minimum Gasteiger partial charge on any atom is -0.330 e. The van der Waals surface area contributed by atoms with Gasteiger partial charge in [0.1, 0.15) is 12.1 Å². The molecule has 2 aromatic heterocycles. The van der Waals surface area contributed by atoms with Gasteiger partial charge in [-0.25, -0.2) is 4.98 Å². The van der Waals surface area contributed by atoms with E-state index >= 15 is 0 Å². The molecule has 0 radical (unpaired) electrons. The molecule has 0 atom stereocenters. The van der Waals surface area contributed by atoms with Gasteiger partial charge in [0.2, 0.25) is 0 Å². The lowest BCUT2D eigenvalue weighted by Crippen LogP contribution is -1.98. The van der Waals surface area contributed by atoms with E-state index in [9.17, 15) is 4.79 Å². The predicted octanol–water partition coefficient (Wildman–Crippen LogP) is 2.20. The van der Waals surface area contributed by atoms with Gasteiger partial charge < -0.3 is 9.36 Å². The molecular weight excluding hydrogens is 196 g/mol. The lowest BCUT2D eigenvalue weighted by atomic mass is 10.4. The van der Waals surface area contributed by atoms with Gasteiger partial charge in [0.15, 0.2) is 0 Å². The van der Waals surface area contributed by atoms with Gasteiger partial charge in [-0.3, -0.25) is 0 Å². The zero-order valence-electron chi connectivity index (χ0n) is 7.59. The SMILES string of the molecule is O=CCCn1ccnc1-c1cccs1. The van der Waals surface area contributed by atoms with Crippen molar-refractivity contribution in [2.75, 3.05) is 0 Å². The molecule has 2 heterocycles. The summed E-state index contributed by atoms with van der Waals surface area (Å²) < 4.78 is 2.00. The molecule has 2 rings (SSSR count). The molecule has 0 aromatic carbocycles. The Morgan fingerprint density at radius 2 is 2.50 bits per heavy atom. The molecule has 0 N–H and O–H groups in total. The molecule has 0 aliphatic carbocycles. The van der Waals surface area contributed by atoms with Crippen LogP contribution in [0, 0.1) is 0 Å². The van der Waals surface area contributed by atoms with E-state index in [0.29, 0.717) is 13.0 Å². The Balaban J connectivity index is 2.26. The summed E-state index contributed by atoms with van der Waals surface area (Å²) >= 11 is 1.66. The fourth-order valence-corrected chi connectivity index (χ4v) is 2.05. The first kappa shape index (κ1) is 9.15. The van der Waals surface area contributed by atoms with Crippen molar-refractivity contribution in [3.05, 3.63) is 29.9 Å². The second-order valence-corrected chi connectivity index (χ2v) is 3.82. The maximum atomic E-state index is 10.3. The van der Waals surface area contributed by atoms with Crippen LogP contribution in [0.2, 0.25) is 0 Å². The highest BCUT2D eigenvalue weighted by Crippen LogP contribution is 2.22. The highest BCUT2D eigenvalue weighted by atomic mass is 32.1. The number of aromatic nitrogens is 2. The van der Waals surface area contributed by atoms with Crippen molar-refractivity contribution in [2.24, 2.45) is 0 Å². The van der Waals surface area contributed by atoms with Gasteiger partial charge in [-0.2, -0.15) is 0 Å². The summed E-state index contributed by atoms with van der Waals surface area (Å²) in [6.45, 7) is 0.705. The Hall–Kier alpha value is -1.42. The molecule has 0 spiro atoms. The van der Waals surface area contributed by atoms with Crippen molar-refractivity contribution in [3.63, 3.8) is 0 Å². The van der Waals surface area contributed by atoms with Crippen LogP contribution >= 0.6 is 11.3 Å². The third kappa shape index (κ3) is 1.75. The summed E-state index contributed by atoms with van der Waals surface area (Å²) in [4.78, 5) is 15.7. The molecule has 14 heavy (non-hydrogen) atoms. The standard InChI is InChI=1S/C10H10N2OS/c13-7-2-5-12-6-4-11-10(12)9-3-1-8-14-9/h1,3-4,6-8H,2,5H2. The fourth-order valence-electron chi connectivity index (χ4n) is 1.31. The van der Waals surface area contributed by atoms with Gasteiger partial charge >= 0.3 is 0 Å². The van der Waals surface area contributed by atoms with Crippen LogP contribution in [0.5, 0.6) is 0 Å². The van der Waals surface area contributed by atoms with Crippen LogP contribution in [0.25, 0.3) is 10.7 Å². The zero-order chi connectivity index (χ0) is 9.80. The van der Waals surface area contributed by atoms with Gasteiger partial charge in [0.05, 0.1) is 4.88 Å². The molecule has 0 bridgehead atoms. The normalized spacial score (nSPS) is 10.3. The van der Waals surface area contributed by atoms with Gasteiger partial charge in [-0.1, -0.05) is 6.07 Å². The number of nitrogens with zero attached hydrogens (tertiary/aromatic N) is 2. The molecule has 0 saturated heterocycles. The number of aryl methyl sites for hydroxylation is 1. The molecule has 0 fully saturated rings. The number of aldehydes is 1. The molecule has 0 aliphatic rings. The number of thiophene rings is 1. The fraction of sp³-hybridized carbons (Fsp3) is 0.200. The molecule has 0 aliphatic heterocycles. The number of hydrogen-bond donors (Lipinski definition) is 0. The van der Waals surface area contributed by atoms with Crippen molar-refractivity contribution in [3.8, 4) is 10.7 Å². The quantitative estimate of drug-likeness (QED) is 0.719. The largest absolute Gasteiger partial charge is 0.330 e. The molecule has 4 heteroatoms. The van der Waals surface area contributed by atoms with E-state index in [0.717, 1.165) is 17.0 Å². The molecule has 0 unspecified atom stereocenters. The summed E-state index contributed by atoms with van der Waals surface area (Å²) in [6, 6.07) is 4.03. The Labute approximate surface area is 86.0 Å². The molecule has 72 valence electrons. The van der Waals surface area contributed by atoms with Crippen LogP contribution in [-0.4, -0.2) is 15.8 Å². The first-order valence-electron chi connectivity index (χ1n) is 4.40. The van der Waals surface area contributed by atoms with Crippen LogP contribution in [0.4, 0.5) is 0 Å². The van der Waals surface area contributed by atoms with E-state index in [2.05, 4.69) is 4.98 Å². The second kappa shape index (κ2) is 4.19.